The van der Waals surface area contributed by atoms with Crippen molar-refractivity contribution in [3.05, 3.63) is 42.1 Å². The molecule has 0 radical (unpaired) electrons. The van der Waals surface area contributed by atoms with Crippen LogP contribution in [0.5, 0.6) is 0 Å². The van der Waals surface area contributed by atoms with Crippen molar-refractivity contribution in [1.29, 1.82) is 0 Å². The molecule has 1 aromatic heterocycles. The minimum absolute atomic E-state index is 0.197. The summed E-state index contributed by atoms with van der Waals surface area (Å²) >= 11 is 0. The summed E-state index contributed by atoms with van der Waals surface area (Å²) in [5.41, 5.74) is 2.17. The molecule has 0 aliphatic carbocycles. The first kappa shape index (κ1) is 14.5. The van der Waals surface area contributed by atoms with Gasteiger partial charge in [0.1, 0.15) is 0 Å². The molecule has 0 aliphatic rings. The Morgan fingerprint density at radius 1 is 1.30 bits per heavy atom. The van der Waals surface area contributed by atoms with Gasteiger partial charge in [0.2, 0.25) is 0 Å². The minimum atomic E-state index is -0.197. The molecule has 0 saturated heterocycles. The van der Waals surface area contributed by atoms with E-state index in [1.807, 2.05) is 30.5 Å². The highest BCUT2D eigenvalue weighted by molar-refractivity contribution is 5.81. The standard InChI is InChI=1S/C16H20N2O2/c1-3-10-18(12-16(19)20-2)11-13-8-9-17-15-7-5-4-6-14(13)15/h4-9H,3,10-12H2,1-2H3. The van der Waals surface area contributed by atoms with Gasteiger partial charge < -0.3 is 4.74 Å². The molecule has 2 rings (SSSR count). The lowest BCUT2D eigenvalue weighted by molar-refractivity contribution is -0.142. The first-order valence-electron chi connectivity index (χ1n) is 6.86. The van der Waals surface area contributed by atoms with Gasteiger partial charge in [-0.1, -0.05) is 25.1 Å². The number of methoxy groups -OCH3 is 1. The highest BCUT2D eigenvalue weighted by Gasteiger charge is 2.12. The number of fused-ring (bicyclic) bond motifs is 1. The first-order valence-corrected chi connectivity index (χ1v) is 6.86. The van der Waals surface area contributed by atoms with Crippen LogP contribution in [0.4, 0.5) is 0 Å². The largest absolute Gasteiger partial charge is 0.468 e. The van der Waals surface area contributed by atoms with Gasteiger partial charge in [-0.25, -0.2) is 0 Å². The highest BCUT2D eigenvalue weighted by atomic mass is 16.5. The summed E-state index contributed by atoms with van der Waals surface area (Å²) in [7, 11) is 1.42. The fourth-order valence-electron chi connectivity index (χ4n) is 2.31. The SMILES string of the molecule is CCCN(CC(=O)OC)Cc1ccnc2ccccc12. The molecule has 20 heavy (non-hydrogen) atoms. The van der Waals surface area contributed by atoms with Crippen LogP contribution >= 0.6 is 0 Å². The summed E-state index contributed by atoms with van der Waals surface area (Å²) in [6.45, 7) is 4.02. The molecule has 2 aromatic rings. The van der Waals surface area contributed by atoms with E-state index in [9.17, 15) is 4.79 Å². The molecule has 0 atom stereocenters. The number of para-hydroxylation sites is 1. The number of nitrogens with zero attached hydrogens (tertiary/aromatic N) is 2. The monoisotopic (exact) mass is 272 g/mol. The van der Waals surface area contributed by atoms with Crippen molar-refractivity contribution < 1.29 is 9.53 Å². The molecule has 0 bridgehead atoms. The maximum absolute atomic E-state index is 11.5. The van der Waals surface area contributed by atoms with Crippen molar-refractivity contribution >= 4 is 16.9 Å². The van der Waals surface area contributed by atoms with Gasteiger partial charge in [0.15, 0.2) is 0 Å². The van der Waals surface area contributed by atoms with Gasteiger partial charge in [0.25, 0.3) is 0 Å². The maximum atomic E-state index is 11.5. The van der Waals surface area contributed by atoms with E-state index in [2.05, 4.69) is 22.9 Å². The molecule has 1 aromatic carbocycles. The molecule has 0 fully saturated rings. The van der Waals surface area contributed by atoms with Gasteiger partial charge in [-0.05, 0) is 30.7 Å². The summed E-state index contributed by atoms with van der Waals surface area (Å²) < 4.78 is 4.76. The number of pyridine rings is 1. The molecule has 0 spiro atoms. The number of esters is 1. The second kappa shape index (κ2) is 7.01. The number of hydrogen-bond acceptors (Lipinski definition) is 4. The second-order valence-corrected chi connectivity index (χ2v) is 4.77. The molecule has 106 valence electrons. The van der Waals surface area contributed by atoms with E-state index in [0.717, 1.165) is 30.4 Å². The number of carbonyl (C=O) groups is 1. The predicted octanol–water partition coefficient (Wildman–Crippen LogP) is 2.62. The van der Waals surface area contributed by atoms with Crippen LogP contribution in [0.15, 0.2) is 36.5 Å². The second-order valence-electron chi connectivity index (χ2n) is 4.77. The van der Waals surface area contributed by atoms with Crippen molar-refractivity contribution in [2.24, 2.45) is 0 Å². The Bertz CT molecular complexity index is 578. The van der Waals surface area contributed by atoms with Crippen LogP contribution < -0.4 is 0 Å². The van der Waals surface area contributed by atoms with Crippen LogP contribution in [0.25, 0.3) is 10.9 Å². The lowest BCUT2D eigenvalue weighted by Crippen LogP contribution is -2.31. The van der Waals surface area contributed by atoms with Crippen LogP contribution in [-0.2, 0) is 16.1 Å². The van der Waals surface area contributed by atoms with Crippen LogP contribution in [0.3, 0.4) is 0 Å². The van der Waals surface area contributed by atoms with E-state index in [1.54, 1.807) is 0 Å². The summed E-state index contributed by atoms with van der Waals surface area (Å²) in [6.07, 6.45) is 2.82. The van der Waals surface area contributed by atoms with Crippen LogP contribution in [0.1, 0.15) is 18.9 Å². The van der Waals surface area contributed by atoms with Gasteiger partial charge >= 0.3 is 5.97 Å². The van der Waals surface area contributed by atoms with E-state index < -0.39 is 0 Å². The van der Waals surface area contributed by atoms with Crippen LogP contribution in [0.2, 0.25) is 0 Å². The fraction of sp³-hybridized carbons (Fsp3) is 0.375. The summed E-state index contributed by atoms with van der Waals surface area (Å²) in [6, 6.07) is 10.1. The Morgan fingerprint density at radius 3 is 2.85 bits per heavy atom. The molecule has 4 nitrogen and oxygen atoms in total. The minimum Gasteiger partial charge on any atom is -0.468 e. The van der Waals surface area contributed by atoms with Gasteiger partial charge in [-0.3, -0.25) is 14.7 Å². The van der Waals surface area contributed by atoms with E-state index in [-0.39, 0.29) is 5.97 Å². The Hall–Kier alpha value is -1.94. The molecule has 0 aliphatic heterocycles. The summed E-state index contributed by atoms with van der Waals surface area (Å²) in [5.74, 6) is -0.197. The molecule has 0 amide bonds. The zero-order valence-electron chi connectivity index (χ0n) is 12.0. The third-order valence-corrected chi connectivity index (χ3v) is 3.25. The van der Waals surface area contributed by atoms with Gasteiger partial charge in [-0.15, -0.1) is 0 Å². The van der Waals surface area contributed by atoms with Crippen molar-refractivity contribution in [3.8, 4) is 0 Å². The number of benzene rings is 1. The summed E-state index contributed by atoms with van der Waals surface area (Å²) in [5, 5.41) is 1.14. The Kier molecular flexibility index (Phi) is 5.07. The van der Waals surface area contributed by atoms with E-state index in [0.29, 0.717) is 6.54 Å². The zero-order chi connectivity index (χ0) is 14.4. The third kappa shape index (κ3) is 3.54. The molecule has 0 unspecified atom stereocenters. The van der Waals surface area contributed by atoms with E-state index in [4.69, 9.17) is 4.74 Å². The van der Waals surface area contributed by atoms with Gasteiger partial charge in [0.05, 0.1) is 19.2 Å². The number of rotatable bonds is 6. The molecule has 1 heterocycles. The number of aromatic nitrogens is 1. The lowest BCUT2D eigenvalue weighted by atomic mass is 10.1. The van der Waals surface area contributed by atoms with E-state index in [1.165, 1.54) is 12.7 Å². The number of carbonyl (C=O) groups excluding carboxylic acids is 1. The maximum Gasteiger partial charge on any atom is 0.319 e. The number of ether oxygens (including phenoxy) is 1. The molecule has 0 saturated carbocycles. The van der Waals surface area contributed by atoms with Gasteiger partial charge in [0, 0.05) is 18.1 Å². The molecule has 0 N–H and O–H groups in total. The molecule has 4 heteroatoms. The fourth-order valence-corrected chi connectivity index (χ4v) is 2.31. The Morgan fingerprint density at radius 2 is 2.10 bits per heavy atom. The topological polar surface area (TPSA) is 42.4 Å². The highest BCUT2D eigenvalue weighted by Crippen LogP contribution is 2.18. The van der Waals surface area contributed by atoms with Crippen molar-refractivity contribution in [2.75, 3.05) is 20.2 Å². The van der Waals surface area contributed by atoms with Crippen molar-refractivity contribution in [1.82, 2.24) is 9.88 Å². The van der Waals surface area contributed by atoms with Crippen molar-refractivity contribution in [3.63, 3.8) is 0 Å². The average Bonchev–Trinajstić information content (AvgIpc) is 2.47. The van der Waals surface area contributed by atoms with Crippen molar-refractivity contribution in [2.45, 2.75) is 19.9 Å². The predicted molar refractivity (Wildman–Crippen MR) is 79.3 cm³/mol. The van der Waals surface area contributed by atoms with E-state index >= 15 is 0 Å². The van der Waals surface area contributed by atoms with Crippen LogP contribution in [0, 0.1) is 0 Å². The summed E-state index contributed by atoms with van der Waals surface area (Å²) in [4.78, 5) is 17.9. The average molecular weight is 272 g/mol. The third-order valence-electron chi connectivity index (χ3n) is 3.25. The zero-order valence-corrected chi connectivity index (χ0v) is 12.0. The van der Waals surface area contributed by atoms with Gasteiger partial charge in [-0.2, -0.15) is 0 Å². The van der Waals surface area contributed by atoms with Crippen LogP contribution in [-0.4, -0.2) is 36.1 Å². The lowest BCUT2D eigenvalue weighted by Gasteiger charge is -2.21. The quantitative estimate of drug-likeness (QED) is 0.758. The molecular formula is C16H20N2O2. The Balaban J connectivity index is 2.21. The Labute approximate surface area is 119 Å². The smallest absolute Gasteiger partial charge is 0.319 e. The number of hydrogen-bond donors (Lipinski definition) is 0. The normalized spacial score (nSPS) is 10.9. The molecular weight excluding hydrogens is 252 g/mol. The first-order chi connectivity index (χ1) is 9.74.